The molecule has 32 heavy (non-hydrogen) atoms. The molecule has 3 rings (SSSR count). The van der Waals surface area contributed by atoms with Crippen LogP contribution in [0.1, 0.15) is 43.7 Å². The van der Waals surface area contributed by atoms with E-state index < -0.39 is 17.7 Å². The zero-order valence-electron chi connectivity index (χ0n) is 18.2. The average Bonchev–Trinajstić information content (AvgIpc) is 2.70. The van der Waals surface area contributed by atoms with Crippen molar-refractivity contribution in [1.29, 1.82) is 0 Å². The zero-order chi connectivity index (χ0) is 23.5. The number of benzene rings is 1. The summed E-state index contributed by atoms with van der Waals surface area (Å²) in [4.78, 5) is 45.5. The number of aromatic nitrogens is 2. The van der Waals surface area contributed by atoms with Gasteiger partial charge in [-0.1, -0.05) is 12.1 Å². The van der Waals surface area contributed by atoms with Crippen LogP contribution < -0.4 is 10.2 Å². The van der Waals surface area contributed by atoms with E-state index in [1.807, 2.05) is 18.2 Å². The molecule has 3 aromatic rings. The van der Waals surface area contributed by atoms with Crippen LogP contribution in [0, 0.1) is 0 Å². The summed E-state index contributed by atoms with van der Waals surface area (Å²) in [5, 5.41) is 12.9. The number of hydrogen-bond acceptors (Lipinski definition) is 6. The van der Waals surface area contributed by atoms with E-state index in [2.05, 4.69) is 15.3 Å². The standard InChI is InChI=1S/C23H24N4O5/c1-14(28)27(18-6-5-11-24-20(18)21(29)30)13-15-7-8-16-9-10-19(25-17(16)12-15)26-22(31)32-23(2,3)4/h5-12H,13H2,1-4H3,(H,29,30)(H,25,26,31). The van der Waals surface area contributed by atoms with Gasteiger partial charge in [-0.3, -0.25) is 10.1 Å². The summed E-state index contributed by atoms with van der Waals surface area (Å²) >= 11 is 0. The third kappa shape index (κ3) is 5.57. The van der Waals surface area contributed by atoms with Gasteiger partial charge in [0.05, 0.1) is 17.7 Å². The van der Waals surface area contributed by atoms with Crippen LogP contribution in [0.15, 0.2) is 48.7 Å². The summed E-state index contributed by atoms with van der Waals surface area (Å²) in [5.74, 6) is -1.22. The highest BCUT2D eigenvalue weighted by molar-refractivity contribution is 5.99. The van der Waals surface area contributed by atoms with E-state index in [0.29, 0.717) is 11.3 Å². The van der Waals surface area contributed by atoms with Gasteiger partial charge in [0.2, 0.25) is 5.91 Å². The van der Waals surface area contributed by atoms with Gasteiger partial charge in [0.15, 0.2) is 5.69 Å². The SMILES string of the molecule is CC(=O)N(Cc1ccc2ccc(NC(=O)OC(C)(C)C)nc2c1)c1cccnc1C(=O)O. The normalized spacial score (nSPS) is 11.1. The van der Waals surface area contributed by atoms with Gasteiger partial charge in [-0.05, 0) is 56.7 Å². The van der Waals surface area contributed by atoms with E-state index in [1.165, 1.54) is 18.0 Å². The first kappa shape index (κ1) is 22.7. The van der Waals surface area contributed by atoms with Crippen LogP contribution in [0.5, 0.6) is 0 Å². The second-order valence-electron chi connectivity index (χ2n) is 8.13. The highest BCUT2D eigenvalue weighted by atomic mass is 16.6. The number of nitrogens with one attached hydrogen (secondary N) is 1. The number of carboxylic acids is 1. The number of fused-ring (bicyclic) bond motifs is 1. The topological polar surface area (TPSA) is 122 Å². The van der Waals surface area contributed by atoms with Gasteiger partial charge in [0, 0.05) is 18.5 Å². The Morgan fingerprint density at radius 2 is 1.84 bits per heavy atom. The Balaban J connectivity index is 1.89. The molecular formula is C23H24N4O5. The van der Waals surface area contributed by atoms with Crippen molar-refractivity contribution in [2.45, 2.75) is 39.8 Å². The van der Waals surface area contributed by atoms with E-state index in [-0.39, 0.29) is 23.8 Å². The molecule has 2 heterocycles. The summed E-state index contributed by atoms with van der Waals surface area (Å²) in [6.45, 7) is 6.80. The van der Waals surface area contributed by atoms with Crippen molar-refractivity contribution < 1.29 is 24.2 Å². The molecule has 2 amide bonds. The number of amides is 2. The van der Waals surface area contributed by atoms with Gasteiger partial charge < -0.3 is 14.7 Å². The monoisotopic (exact) mass is 436 g/mol. The van der Waals surface area contributed by atoms with Crippen molar-refractivity contribution in [3.05, 3.63) is 59.9 Å². The molecule has 166 valence electrons. The minimum atomic E-state index is -1.22. The molecule has 0 unspecified atom stereocenters. The van der Waals surface area contributed by atoms with E-state index in [4.69, 9.17) is 4.74 Å². The molecule has 0 radical (unpaired) electrons. The van der Waals surface area contributed by atoms with Crippen molar-refractivity contribution in [2.75, 3.05) is 10.2 Å². The Morgan fingerprint density at radius 3 is 2.50 bits per heavy atom. The number of carboxylic acid groups (broad SMARTS) is 1. The van der Waals surface area contributed by atoms with Gasteiger partial charge in [0.25, 0.3) is 0 Å². The Hall–Kier alpha value is -4.01. The summed E-state index contributed by atoms with van der Waals surface area (Å²) in [6, 6.07) is 12.1. The quantitative estimate of drug-likeness (QED) is 0.614. The lowest BCUT2D eigenvalue weighted by molar-refractivity contribution is -0.116. The largest absolute Gasteiger partial charge is 0.476 e. The number of aromatic carboxylic acids is 1. The third-order valence-electron chi connectivity index (χ3n) is 4.39. The summed E-state index contributed by atoms with van der Waals surface area (Å²) in [6.07, 6.45) is 0.755. The lowest BCUT2D eigenvalue weighted by Gasteiger charge is -2.22. The lowest BCUT2D eigenvalue weighted by atomic mass is 10.1. The highest BCUT2D eigenvalue weighted by Gasteiger charge is 2.21. The van der Waals surface area contributed by atoms with Crippen LogP contribution in [0.25, 0.3) is 10.9 Å². The predicted molar refractivity (Wildman–Crippen MR) is 120 cm³/mol. The van der Waals surface area contributed by atoms with Crippen molar-refractivity contribution in [1.82, 2.24) is 9.97 Å². The van der Waals surface area contributed by atoms with Crippen molar-refractivity contribution >= 4 is 40.4 Å². The Morgan fingerprint density at radius 1 is 1.12 bits per heavy atom. The van der Waals surface area contributed by atoms with E-state index >= 15 is 0 Å². The molecule has 9 heteroatoms. The molecule has 0 aliphatic rings. The Bertz CT molecular complexity index is 1190. The number of ether oxygens (including phenoxy) is 1. The van der Waals surface area contributed by atoms with Crippen molar-refractivity contribution in [3.63, 3.8) is 0 Å². The molecule has 2 N–H and O–H groups in total. The van der Waals surface area contributed by atoms with Gasteiger partial charge in [-0.15, -0.1) is 0 Å². The molecule has 2 aromatic heterocycles. The molecule has 0 aliphatic carbocycles. The van der Waals surface area contributed by atoms with Crippen LogP contribution in [-0.2, 0) is 16.1 Å². The minimum absolute atomic E-state index is 0.128. The first-order valence-electron chi connectivity index (χ1n) is 9.89. The first-order valence-corrected chi connectivity index (χ1v) is 9.89. The molecule has 9 nitrogen and oxygen atoms in total. The average molecular weight is 436 g/mol. The number of hydrogen-bond donors (Lipinski definition) is 2. The Kier molecular flexibility index (Phi) is 6.38. The summed E-state index contributed by atoms with van der Waals surface area (Å²) in [5.41, 5.74) is 0.705. The maximum absolute atomic E-state index is 12.3. The van der Waals surface area contributed by atoms with E-state index in [1.54, 1.807) is 45.0 Å². The van der Waals surface area contributed by atoms with Crippen LogP contribution in [0.2, 0.25) is 0 Å². The predicted octanol–water partition coefficient (Wildman–Crippen LogP) is 4.23. The maximum atomic E-state index is 12.3. The van der Waals surface area contributed by atoms with Crippen molar-refractivity contribution in [3.8, 4) is 0 Å². The van der Waals surface area contributed by atoms with Crippen LogP contribution in [-0.4, -0.2) is 38.6 Å². The smallest absolute Gasteiger partial charge is 0.413 e. The highest BCUT2D eigenvalue weighted by Crippen LogP contribution is 2.23. The zero-order valence-corrected chi connectivity index (χ0v) is 18.2. The molecule has 0 atom stereocenters. The molecule has 0 saturated carbocycles. The van der Waals surface area contributed by atoms with Crippen LogP contribution in [0.3, 0.4) is 0 Å². The second kappa shape index (κ2) is 9.01. The fourth-order valence-corrected chi connectivity index (χ4v) is 3.07. The lowest BCUT2D eigenvalue weighted by Crippen LogP contribution is -2.29. The van der Waals surface area contributed by atoms with Gasteiger partial charge >= 0.3 is 12.1 Å². The fraction of sp³-hybridized carbons (Fsp3) is 0.261. The van der Waals surface area contributed by atoms with Crippen molar-refractivity contribution in [2.24, 2.45) is 0 Å². The van der Waals surface area contributed by atoms with Gasteiger partial charge in [0.1, 0.15) is 11.4 Å². The number of carbonyl (C=O) groups excluding carboxylic acids is 2. The van der Waals surface area contributed by atoms with Gasteiger partial charge in [-0.25, -0.2) is 19.6 Å². The van der Waals surface area contributed by atoms with E-state index in [9.17, 15) is 19.5 Å². The molecular weight excluding hydrogens is 412 g/mol. The molecule has 0 fully saturated rings. The summed E-state index contributed by atoms with van der Waals surface area (Å²) < 4.78 is 5.25. The molecule has 1 aromatic carbocycles. The fourth-order valence-electron chi connectivity index (χ4n) is 3.07. The van der Waals surface area contributed by atoms with Crippen LogP contribution >= 0.6 is 0 Å². The van der Waals surface area contributed by atoms with Gasteiger partial charge in [-0.2, -0.15) is 0 Å². The first-order chi connectivity index (χ1) is 15.0. The minimum Gasteiger partial charge on any atom is -0.476 e. The molecule has 0 spiro atoms. The summed E-state index contributed by atoms with van der Waals surface area (Å²) in [7, 11) is 0. The van der Waals surface area contributed by atoms with Crippen LogP contribution in [0.4, 0.5) is 16.3 Å². The maximum Gasteiger partial charge on any atom is 0.413 e. The molecule has 0 saturated heterocycles. The number of rotatable bonds is 5. The number of pyridine rings is 2. The number of carbonyl (C=O) groups is 3. The number of anilines is 2. The van der Waals surface area contributed by atoms with E-state index in [0.717, 1.165) is 10.9 Å². The molecule has 0 bridgehead atoms. The third-order valence-corrected chi connectivity index (χ3v) is 4.39. The molecule has 0 aliphatic heterocycles. The number of nitrogens with zero attached hydrogens (tertiary/aromatic N) is 3. The second-order valence-corrected chi connectivity index (χ2v) is 8.13. The Labute approximate surface area is 185 Å².